The normalized spacial score (nSPS) is 10.4. The van der Waals surface area contributed by atoms with Gasteiger partial charge in [-0.1, -0.05) is 23.2 Å². The number of carbonyl (C=O) groups excluding carboxylic acids is 2. The second-order valence-corrected chi connectivity index (χ2v) is 14.6. The number of hydrogen-bond acceptors (Lipinski definition) is 11. The van der Waals surface area contributed by atoms with Gasteiger partial charge in [-0.15, -0.1) is 23.5 Å². The maximum atomic E-state index is 11.5. The minimum absolute atomic E-state index is 0.123. The first-order valence-corrected chi connectivity index (χ1v) is 18.4. The largest absolute Gasteiger partial charge is 0.298 e. The molecule has 31 heavy (non-hydrogen) atoms. The molecule has 0 aliphatic carbocycles. The molecular weight excluding hydrogens is 608 g/mol. The van der Waals surface area contributed by atoms with E-state index in [2.05, 4.69) is 50.5 Å². The van der Waals surface area contributed by atoms with E-state index >= 15 is 0 Å². The lowest BCUT2D eigenvalue weighted by molar-refractivity contribution is -0.116. The Hall–Kier alpha value is 3.07. The third kappa shape index (κ3) is 37.8. The zero-order valence-electron chi connectivity index (χ0n) is 18.0. The predicted octanol–water partition coefficient (Wildman–Crippen LogP) is 6.65. The smallest absolute Gasteiger partial charge is 0.165 e. The summed E-state index contributed by atoms with van der Waals surface area (Å²) in [5.74, 6) is 12.8. The lowest BCUT2D eigenvalue weighted by atomic mass is 10.5. The number of hydrogen-bond donors (Lipinski definition) is 4. The molecule has 0 fully saturated rings. The first-order valence-electron chi connectivity index (χ1n) is 9.47. The molecule has 0 radical (unpaired) electrons. The van der Waals surface area contributed by atoms with Crippen molar-refractivity contribution < 1.29 is 9.59 Å². The number of ketones is 2. The molecule has 0 unspecified atom stereocenters. The molecule has 0 amide bonds. The Labute approximate surface area is 243 Å². The maximum absolute atomic E-state index is 11.5. The van der Waals surface area contributed by atoms with E-state index in [0.29, 0.717) is 5.78 Å². The van der Waals surface area contributed by atoms with Gasteiger partial charge in [-0.25, -0.2) is 0 Å². The first kappa shape index (κ1) is 38.6. The molecule has 0 aromatic rings. The van der Waals surface area contributed by atoms with Crippen molar-refractivity contribution in [2.24, 2.45) is 0 Å². The summed E-state index contributed by atoms with van der Waals surface area (Å²) in [6, 6.07) is 0. The maximum Gasteiger partial charge on any atom is 0.165 e. The van der Waals surface area contributed by atoms with Gasteiger partial charge in [0.25, 0.3) is 0 Å². The molecule has 13 heteroatoms. The fourth-order valence-electron chi connectivity index (χ4n) is 1.28. The molecule has 2 nitrogen and oxygen atoms in total. The van der Waals surface area contributed by atoms with Gasteiger partial charge in [0.2, 0.25) is 0 Å². The Morgan fingerprint density at radius 2 is 0.903 bits per heavy atom. The third-order valence-corrected chi connectivity index (χ3v) is 11.7. The van der Waals surface area contributed by atoms with Crippen molar-refractivity contribution >= 4 is 144 Å². The van der Waals surface area contributed by atoms with Crippen LogP contribution in [0.5, 0.6) is 0 Å². The Bertz CT molecular complexity index is 377. The van der Waals surface area contributed by atoms with E-state index in [4.69, 9.17) is 23.2 Å². The van der Waals surface area contributed by atoms with Crippen LogP contribution in [0.25, 0.3) is 0 Å². The average molecular weight is 644 g/mol. The van der Waals surface area contributed by atoms with E-state index in [1.165, 1.54) is 6.92 Å². The summed E-state index contributed by atoms with van der Waals surface area (Å²) >= 11 is 35.8. The van der Waals surface area contributed by atoms with Crippen molar-refractivity contribution in [3.05, 3.63) is 0 Å². The standard InChI is InChI=1S/C11H22OS6.C4H10S3.C3H4Cl2O/c1-10(12)11(17-8-6-15-4-2-13)18-9-7-16-5-3-14;5-1-3-7-4-2-6;1-2(6)3(4)5/h11,13-14H,2-9H2,1H3;5-6H,1-4H2;3H,1H3. The van der Waals surface area contributed by atoms with Crippen molar-refractivity contribution in [3.8, 4) is 0 Å². The van der Waals surface area contributed by atoms with E-state index in [9.17, 15) is 9.59 Å². The van der Waals surface area contributed by atoms with Gasteiger partial charge in [0.15, 0.2) is 16.4 Å². The van der Waals surface area contributed by atoms with Gasteiger partial charge in [-0.3, -0.25) is 9.59 Å². The molecule has 0 atom stereocenters. The number of Topliss-reactive ketones (excluding diaryl/α,β-unsaturated/α-hetero) is 2. The summed E-state index contributed by atoms with van der Waals surface area (Å²) in [5.41, 5.74) is 0. The first-order chi connectivity index (χ1) is 14.8. The average Bonchev–Trinajstić information content (AvgIpc) is 2.73. The number of thiol groups is 4. The minimum atomic E-state index is -0.843. The molecule has 0 aromatic carbocycles. The molecule has 0 heterocycles. The van der Waals surface area contributed by atoms with Crippen LogP contribution in [0.1, 0.15) is 13.8 Å². The van der Waals surface area contributed by atoms with Gasteiger partial charge < -0.3 is 0 Å². The second-order valence-electron chi connectivity index (χ2n) is 5.33. The van der Waals surface area contributed by atoms with Crippen molar-refractivity contribution in [2.75, 3.05) is 69.0 Å². The van der Waals surface area contributed by atoms with E-state index < -0.39 is 4.84 Å². The summed E-state index contributed by atoms with van der Waals surface area (Å²) in [4.78, 5) is 20.5. The van der Waals surface area contributed by atoms with E-state index in [-0.39, 0.29) is 10.4 Å². The van der Waals surface area contributed by atoms with Gasteiger partial charge in [0, 0.05) is 46.0 Å². The zero-order chi connectivity index (χ0) is 24.3. The van der Waals surface area contributed by atoms with Gasteiger partial charge in [0.05, 0.1) is 0 Å². The predicted molar refractivity (Wildman–Crippen MR) is 173 cm³/mol. The van der Waals surface area contributed by atoms with Crippen molar-refractivity contribution in [1.82, 2.24) is 0 Å². The molecule has 0 rings (SSSR count). The van der Waals surface area contributed by atoms with Gasteiger partial charge >= 0.3 is 0 Å². The van der Waals surface area contributed by atoms with Crippen molar-refractivity contribution in [3.63, 3.8) is 0 Å². The molecule has 0 saturated carbocycles. The number of carbonyl (C=O) groups is 2. The monoisotopic (exact) mass is 642 g/mol. The quantitative estimate of drug-likeness (QED) is 0.0577. The fraction of sp³-hybridized carbons (Fsp3) is 0.889. The summed E-state index contributed by atoms with van der Waals surface area (Å²) in [7, 11) is 0. The van der Waals surface area contributed by atoms with Crippen LogP contribution >= 0.6 is 133 Å². The molecule has 0 aliphatic heterocycles. The highest BCUT2D eigenvalue weighted by atomic mass is 35.5. The summed E-state index contributed by atoms with van der Waals surface area (Å²) < 4.78 is 0.123. The van der Waals surface area contributed by atoms with Crippen LogP contribution in [0.2, 0.25) is 0 Å². The molecule has 0 spiro atoms. The van der Waals surface area contributed by atoms with Gasteiger partial charge in [-0.05, 0) is 36.9 Å². The lowest BCUT2D eigenvalue weighted by Gasteiger charge is -2.12. The van der Waals surface area contributed by atoms with Crippen LogP contribution < -0.4 is 0 Å². The highest BCUT2D eigenvalue weighted by Gasteiger charge is 2.14. The topological polar surface area (TPSA) is 34.1 Å². The summed E-state index contributed by atoms with van der Waals surface area (Å²) in [6.07, 6.45) is 0. The number of thioether (sulfide) groups is 5. The summed E-state index contributed by atoms with van der Waals surface area (Å²) in [5, 5.41) is 0. The molecule has 188 valence electrons. The molecular formula is C18H36Cl2O2S9. The van der Waals surface area contributed by atoms with Crippen LogP contribution in [0.4, 0.5) is 0 Å². The highest BCUT2D eigenvalue weighted by Crippen LogP contribution is 2.26. The molecule has 0 aliphatic rings. The van der Waals surface area contributed by atoms with Crippen LogP contribution in [0.15, 0.2) is 0 Å². The van der Waals surface area contributed by atoms with Crippen molar-refractivity contribution in [1.29, 1.82) is 0 Å². The molecule has 0 saturated heterocycles. The number of rotatable bonds is 18. The molecule has 0 N–H and O–H groups in total. The lowest BCUT2D eigenvalue weighted by Crippen LogP contribution is -2.12. The van der Waals surface area contributed by atoms with Gasteiger partial charge in [0.1, 0.15) is 4.58 Å². The van der Waals surface area contributed by atoms with Crippen molar-refractivity contribution in [2.45, 2.75) is 23.3 Å². The Morgan fingerprint density at radius 3 is 1.13 bits per heavy atom. The SMILES string of the molecule is CC(=O)C(Cl)Cl.CC(=O)C(SCCSCCS)SCCSCCS.SCCSCCS. The van der Waals surface area contributed by atoms with E-state index in [1.807, 2.05) is 35.3 Å². The number of alkyl halides is 2. The fourth-order valence-corrected chi connectivity index (χ4v) is 7.53. The molecule has 0 aromatic heterocycles. The Morgan fingerprint density at radius 1 is 0.613 bits per heavy atom. The van der Waals surface area contributed by atoms with Crippen LogP contribution in [0, 0.1) is 0 Å². The Kier molecular flexibility index (Phi) is 41.2. The zero-order valence-corrected chi connectivity index (χ0v) is 27.2. The highest BCUT2D eigenvalue weighted by molar-refractivity contribution is 8.18. The van der Waals surface area contributed by atoms with Crippen LogP contribution in [0.3, 0.4) is 0 Å². The van der Waals surface area contributed by atoms with E-state index in [1.54, 1.807) is 30.4 Å². The van der Waals surface area contributed by atoms with Crippen LogP contribution in [-0.4, -0.2) is 90.0 Å². The second kappa shape index (κ2) is 33.1. The minimum Gasteiger partial charge on any atom is -0.298 e. The van der Waals surface area contributed by atoms with Gasteiger partial charge in [-0.2, -0.15) is 85.8 Å². The van der Waals surface area contributed by atoms with E-state index in [0.717, 1.165) is 69.0 Å². The molecule has 0 bridgehead atoms. The third-order valence-electron chi connectivity index (χ3n) is 2.58. The summed E-state index contributed by atoms with van der Waals surface area (Å²) in [6.45, 7) is 3.04. The number of halogens is 2. The Balaban J connectivity index is -0.000000492. The van der Waals surface area contributed by atoms with Crippen LogP contribution in [-0.2, 0) is 9.59 Å².